The van der Waals surface area contributed by atoms with Crippen molar-refractivity contribution in [3.8, 4) is 0 Å². The molecule has 0 amide bonds. The van der Waals surface area contributed by atoms with Crippen molar-refractivity contribution in [3.05, 3.63) is 35.0 Å². The van der Waals surface area contributed by atoms with E-state index in [4.69, 9.17) is 0 Å². The quantitative estimate of drug-likeness (QED) is 0.895. The standard InChI is InChI=1S/C16H19NO2/c1-3-17-14-8-7-10(2)9-13(14)11-5-4-6-12(15(11)17)16(18)19/h4-6,10H,3,7-9H2,1-2H3,(H,18,19). The van der Waals surface area contributed by atoms with Crippen molar-refractivity contribution in [1.82, 2.24) is 4.57 Å². The predicted molar refractivity (Wildman–Crippen MR) is 75.8 cm³/mol. The van der Waals surface area contributed by atoms with E-state index in [1.54, 1.807) is 6.07 Å². The van der Waals surface area contributed by atoms with Crippen LogP contribution in [-0.2, 0) is 19.4 Å². The van der Waals surface area contributed by atoms with Gasteiger partial charge in [-0.25, -0.2) is 4.79 Å². The maximum absolute atomic E-state index is 11.4. The number of aromatic nitrogens is 1. The second-order valence-electron chi connectivity index (χ2n) is 5.52. The highest BCUT2D eigenvalue weighted by Gasteiger charge is 2.25. The van der Waals surface area contributed by atoms with Gasteiger partial charge in [0.15, 0.2) is 0 Å². The molecule has 1 N–H and O–H groups in total. The van der Waals surface area contributed by atoms with Gasteiger partial charge in [0.1, 0.15) is 0 Å². The molecule has 1 unspecified atom stereocenters. The van der Waals surface area contributed by atoms with Crippen molar-refractivity contribution in [2.24, 2.45) is 5.92 Å². The molecule has 0 bridgehead atoms. The minimum atomic E-state index is -0.830. The summed E-state index contributed by atoms with van der Waals surface area (Å²) in [4.78, 5) is 11.4. The molecular formula is C16H19NO2. The van der Waals surface area contributed by atoms with Gasteiger partial charge in [0.05, 0.1) is 11.1 Å². The molecule has 0 fully saturated rings. The smallest absolute Gasteiger partial charge is 0.337 e. The Morgan fingerprint density at radius 3 is 2.95 bits per heavy atom. The molecule has 3 rings (SSSR count). The van der Waals surface area contributed by atoms with Gasteiger partial charge in [0.2, 0.25) is 0 Å². The van der Waals surface area contributed by atoms with Crippen LogP contribution in [0, 0.1) is 5.92 Å². The van der Waals surface area contributed by atoms with Crippen LogP contribution in [0.5, 0.6) is 0 Å². The fourth-order valence-electron chi connectivity index (χ4n) is 3.40. The number of benzene rings is 1. The molecule has 0 radical (unpaired) electrons. The summed E-state index contributed by atoms with van der Waals surface area (Å²) in [5, 5.41) is 10.5. The number of carbonyl (C=O) groups is 1. The Balaban J connectivity index is 2.37. The summed E-state index contributed by atoms with van der Waals surface area (Å²) in [7, 11) is 0. The van der Waals surface area contributed by atoms with E-state index in [1.165, 1.54) is 17.7 Å². The van der Waals surface area contributed by atoms with E-state index in [2.05, 4.69) is 24.5 Å². The van der Waals surface area contributed by atoms with Crippen LogP contribution < -0.4 is 0 Å². The van der Waals surface area contributed by atoms with E-state index in [0.29, 0.717) is 11.5 Å². The highest BCUT2D eigenvalue weighted by Crippen LogP contribution is 2.35. The first kappa shape index (κ1) is 12.3. The van der Waals surface area contributed by atoms with Gasteiger partial charge < -0.3 is 9.67 Å². The molecule has 1 aliphatic rings. The summed E-state index contributed by atoms with van der Waals surface area (Å²) in [6.07, 6.45) is 3.34. The van der Waals surface area contributed by atoms with Crippen molar-refractivity contribution >= 4 is 16.9 Å². The molecule has 3 heteroatoms. The third-order valence-corrected chi connectivity index (χ3v) is 4.28. The minimum Gasteiger partial charge on any atom is -0.478 e. The zero-order valence-electron chi connectivity index (χ0n) is 11.4. The number of aromatic carboxylic acids is 1. The molecule has 1 heterocycles. The molecule has 1 aromatic carbocycles. The maximum Gasteiger partial charge on any atom is 0.337 e. The van der Waals surface area contributed by atoms with Crippen molar-refractivity contribution in [3.63, 3.8) is 0 Å². The summed E-state index contributed by atoms with van der Waals surface area (Å²) >= 11 is 0. The van der Waals surface area contributed by atoms with Crippen molar-refractivity contribution < 1.29 is 9.90 Å². The maximum atomic E-state index is 11.4. The largest absolute Gasteiger partial charge is 0.478 e. The van der Waals surface area contributed by atoms with Gasteiger partial charge >= 0.3 is 5.97 Å². The van der Waals surface area contributed by atoms with E-state index >= 15 is 0 Å². The lowest BCUT2D eigenvalue weighted by molar-refractivity contribution is 0.0698. The van der Waals surface area contributed by atoms with Crippen molar-refractivity contribution in [2.45, 2.75) is 39.7 Å². The Labute approximate surface area is 112 Å². The average Bonchev–Trinajstić information content (AvgIpc) is 2.71. The number of aryl methyl sites for hydroxylation is 1. The topological polar surface area (TPSA) is 42.2 Å². The Hall–Kier alpha value is -1.77. The summed E-state index contributed by atoms with van der Waals surface area (Å²) in [5.74, 6) is -0.139. The van der Waals surface area contributed by atoms with Gasteiger partial charge in [-0.1, -0.05) is 19.1 Å². The number of hydrogen-bond acceptors (Lipinski definition) is 1. The molecule has 19 heavy (non-hydrogen) atoms. The number of hydrogen-bond donors (Lipinski definition) is 1. The van der Waals surface area contributed by atoms with Gasteiger partial charge in [0.25, 0.3) is 0 Å². The number of nitrogens with zero attached hydrogens (tertiary/aromatic N) is 1. The zero-order valence-corrected chi connectivity index (χ0v) is 11.4. The van der Waals surface area contributed by atoms with Crippen LogP contribution in [0.15, 0.2) is 18.2 Å². The molecule has 0 saturated carbocycles. The Morgan fingerprint density at radius 2 is 2.26 bits per heavy atom. The first-order chi connectivity index (χ1) is 9.13. The van der Waals surface area contributed by atoms with Gasteiger partial charge in [-0.05, 0) is 43.7 Å². The summed E-state index contributed by atoms with van der Waals surface area (Å²) in [6, 6.07) is 5.65. The molecule has 3 nitrogen and oxygen atoms in total. The Bertz CT molecular complexity index is 654. The predicted octanol–water partition coefficient (Wildman–Crippen LogP) is 3.48. The molecule has 100 valence electrons. The minimum absolute atomic E-state index is 0.432. The van der Waals surface area contributed by atoms with E-state index in [9.17, 15) is 9.90 Å². The van der Waals surface area contributed by atoms with Gasteiger partial charge in [-0.3, -0.25) is 0 Å². The van der Waals surface area contributed by atoms with Crippen LogP contribution in [0.2, 0.25) is 0 Å². The number of para-hydroxylation sites is 1. The second kappa shape index (κ2) is 4.41. The fraction of sp³-hybridized carbons (Fsp3) is 0.438. The third kappa shape index (κ3) is 1.76. The van der Waals surface area contributed by atoms with E-state index in [0.717, 1.165) is 30.3 Å². The van der Waals surface area contributed by atoms with Crippen LogP contribution >= 0.6 is 0 Å². The molecule has 2 aromatic rings. The monoisotopic (exact) mass is 257 g/mol. The summed E-state index contributed by atoms with van der Waals surface area (Å²) in [6.45, 7) is 5.21. The van der Waals surface area contributed by atoms with Gasteiger partial charge in [-0.15, -0.1) is 0 Å². The summed E-state index contributed by atoms with van der Waals surface area (Å²) in [5.41, 5.74) is 4.07. The lowest BCUT2D eigenvalue weighted by atomic mass is 9.87. The van der Waals surface area contributed by atoms with E-state index in [1.807, 2.05) is 6.07 Å². The molecule has 1 aromatic heterocycles. The molecule has 0 aliphatic heterocycles. The van der Waals surface area contributed by atoms with Crippen LogP contribution in [0.1, 0.15) is 41.9 Å². The average molecular weight is 257 g/mol. The fourth-order valence-corrected chi connectivity index (χ4v) is 3.40. The SMILES string of the molecule is CCn1c2c(c3cccc(C(=O)O)c31)CC(C)CC2. The number of rotatable bonds is 2. The Kier molecular flexibility index (Phi) is 2.85. The molecule has 0 saturated heterocycles. The lowest BCUT2D eigenvalue weighted by Crippen LogP contribution is -2.13. The van der Waals surface area contributed by atoms with Crippen molar-refractivity contribution in [2.75, 3.05) is 0 Å². The molecule has 1 aliphatic carbocycles. The van der Waals surface area contributed by atoms with Gasteiger partial charge in [-0.2, -0.15) is 0 Å². The van der Waals surface area contributed by atoms with Crippen LogP contribution in [0.3, 0.4) is 0 Å². The van der Waals surface area contributed by atoms with Crippen molar-refractivity contribution in [1.29, 1.82) is 0 Å². The third-order valence-electron chi connectivity index (χ3n) is 4.28. The first-order valence-corrected chi connectivity index (χ1v) is 6.99. The number of fused-ring (bicyclic) bond motifs is 3. The zero-order chi connectivity index (χ0) is 13.6. The van der Waals surface area contributed by atoms with Crippen LogP contribution in [-0.4, -0.2) is 15.6 Å². The first-order valence-electron chi connectivity index (χ1n) is 6.99. The Morgan fingerprint density at radius 1 is 1.47 bits per heavy atom. The second-order valence-corrected chi connectivity index (χ2v) is 5.52. The van der Waals surface area contributed by atoms with Crippen LogP contribution in [0.4, 0.5) is 0 Å². The molecular weight excluding hydrogens is 238 g/mol. The molecule has 1 atom stereocenters. The lowest BCUT2D eigenvalue weighted by Gasteiger charge is -2.20. The number of carboxylic acid groups (broad SMARTS) is 1. The van der Waals surface area contributed by atoms with Crippen LogP contribution in [0.25, 0.3) is 10.9 Å². The van der Waals surface area contributed by atoms with E-state index < -0.39 is 5.97 Å². The normalized spacial score (nSPS) is 18.5. The molecule has 0 spiro atoms. The van der Waals surface area contributed by atoms with Gasteiger partial charge in [0, 0.05) is 17.6 Å². The highest BCUT2D eigenvalue weighted by atomic mass is 16.4. The number of carboxylic acids is 1. The summed E-state index contributed by atoms with van der Waals surface area (Å²) < 4.78 is 2.21. The highest BCUT2D eigenvalue weighted by molar-refractivity contribution is 6.04. The van der Waals surface area contributed by atoms with E-state index in [-0.39, 0.29) is 0 Å².